The molecule has 0 unspecified atom stereocenters. The molecule has 0 spiro atoms. The molecule has 0 N–H and O–H groups in total. The third-order valence-corrected chi connectivity index (χ3v) is 8.12. The van der Waals surface area contributed by atoms with Crippen LogP contribution in [0.15, 0.2) is 59.5 Å². The number of nitrogens with zero attached hydrogens (tertiary/aromatic N) is 6. The number of carbonyl (C=O) groups is 2. The summed E-state index contributed by atoms with van der Waals surface area (Å²) < 4.78 is 1.91. The van der Waals surface area contributed by atoms with Crippen LogP contribution in [0.3, 0.4) is 0 Å². The predicted octanol–water partition coefficient (Wildman–Crippen LogP) is 1.95. The normalized spacial score (nSPS) is 20.5. The molecule has 0 aromatic carbocycles. The molecule has 0 bridgehead atoms. The SMILES string of the molecule is COOCCCN1/C(=C\C2=C([O-])C(=C/C3=[N+](CCCOOC)c4nccnc4C3(C)C)/C(=O)C2=O)C(C)(C)c2nccnc21. The first-order chi connectivity index (χ1) is 21.1. The highest BCUT2D eigenvalue weighted by Gasteiger charge is 2.47. The van der Waals surface area contributed by atoms with Gasteiger partial charge in [-0.2, -0.15) is 0 Å². The van der Waals surface area contributed by atoms with E-state index in [-0.39, 0.29) is 11.1 Å². The van der Waals surface area contributed by atoms with E-state index in [0.29, 0.717) is 73.6 Å². The Morgan fingerprint density at radius 1 is 0.841 bits per heavy atom. The van der Waals surface area contributed by atoms with Gasteiger partial charge in [-0.25, -0.2) is 34.1 Å². The highest BCUT2D eigenvalue weighted by molar-refractivity contribution is 6.54. The van der Waals surface area contributed by atoms with Crippen LogP contribution in [0.2, 0.25) is 0 Å². The maximum Gasteiger partial charge on any atom is 0.345 e. The van der Waals surface area contributed by atoms with Crippen molar-refractivity contribution < 1.29 is 38.8 Å². The van der Waals surface area contributed by atoms with Gasteiger partial charge in [0.25, 0.3) is 0 Å². The summed E-state index contributed by atoms with van der Waals surface area (Å²) in [6.07, 6.45) is 10.6. The molecule has 0 saturated carbocycles. The molecular formula is C31H36N6O7. The molecule has 3 aliphatic rings. The van der Waals surface area contributed by atoms with Gasteiger partial charge >= 0.3 is 5.82 Å². The summed E-state index contributed by atoms with van der Waals surface area (Å²) in [6.45, 7) is 9.35. The Hall–Kier alpha value is -4.17. The molecular weight excluding hydrogens is 568 g/mol. The molecule has 0 fully saturated rings. The van der Waals surface area contributed by atoms with Crippen LogP contribution in [0.5, 0.6) is 0 Å². The van der Waals surface area contributed by atoms with E-state index in [0.717, 1.165) is 0 Å². The van der Waals surface area contributed by atoms with E-state index in [9.17, 15) is 14.7 Å². The molecule has 0 radical (unpaired) electrons. The summed E-state index contributed by atoms with van der Waals surface area (Å²) in [7, 11) is 2.87. The number of allylic oxidation sites excluding steroid dienone is 5. The third-order valence-electron chi connectivity index (χ3n) is 8.12. The van der Waals surface area contributed by atoms with Crippen molar-refractivity contribution in [3.05, 3.63) is 70.9 Å². The minimum atomic E-state index is -0.852. The summed E-state index contributed by atoms with van der Waals surface area (Å²) in [5, 5.41) is 13.9. The number of hydrogen-bond acceptors (Lipinski definition) is 12. The molecule has 13 heteroatoms. The van der Waals surface area contributed by atoms with E-state index in [2.05, 4.69) is 19.9 Å². The molecule has 232 valence electrons. The van der Waals surface area contributed by atoms with Crippen LogP contribution in [0, 0.1) is 0 Å². The first-order valence-electron chi connectivity index (χ1n) is 14.4. The first-order valence-corrected chi connectivity index (χ1v) is 14.4. The third kappa shape index (κ3) is 5.36. The topological polar surface area (TPSA) is 152 Å². The van der Waals surface area contributed by atoms with E-state index in [1.165, 1.54) is 26.4 Å². The molecule has 5 rings (SSSR count). The van der Waals surface area contributed by atoms with Crippen molar-refractivity contribution in [3.8, 4) is 0 Å². The number of ketones is 2. The van der Waals surface area contributed by atoms with E-state index in [1.54, 1.807) is 24.8 Å². The van der Waals surface area contributed by atoms with Gasteiger partial charge < -0.3 is 10.0 Å². The fourth-order valence-electron chi connectivity index (χ4n) is 5.91. The number of Topliss-reactive ketones (excluding diaryl/α,β-unsaturated/α-hetero) is 2. The number of fused-ring (bicyclic) bond motifs is 2. The standard InChI is InChI=1S/C31H36N6O7/c1-30(2)21(36(13-7-15-43-41-5)28-26(30)32-9-11-34-28)17-19-23(38)20(25(40)24(19)39)18-22-31(3,4)27-29(35-12-10-33-27)37(22)14-8-16-44-42-6/h9-12,17-18H,7-8,13-16H2,1-6H3. The highest BCUT2D eigenvalue weighted by atomic mass is 17.2. The Labute approximate surface area is 255 Å². The fraction of sp³-hybridized carbons (Fsp3) is 0.452. The average Bonchev–Trinajstić information content (AvgIpc) is 3.45. The molecule has 13 nitrogen and oxygen atoms in total. The second-order valence-electron chi connectivity index (χ2n) is 11.6. The van der Waals surface area contributed by atoms with Gasteiger partial charge in [-0.15, -0.1) is 0 Å². The quantitative estimate of drug-likeness (QED) is 0.0869. The molecule has 0 saturated heterocycles. The zero-order valence-corrected chi connectivity index (χ0v) is 25.7. The summed E-state index contributed by atoms with van der Waals surface area (Å²) in [5.74, 6) is -1.10. The van der Waals surface area contributed by atoms with Crippen molar-refractivity contribution in [2.45, 2.75) is 51.4 Å². The smallest absolute Gasteiger partial charge is 0.345 e. The van der Waals surface area contributed by atoms with Crippen molar-refractivity contribution in [3.63, 3.8) is 0 Å². The molecule has 0 atom stereocenters. The van der Waals surface area contributed by atoms with Crippen LogP contribution < -0.4 is 10.0 Å². The maximum absolute atomic E-state index is 13.9. The van der Waals surface area contributed by atoms with E-state index in [1.807, 2.05) is 37.2 Å². The lowest BCUT2D eigenvalue weighted by Crippen LogP contribution is -2.30. The number of aromatic nitrogens is 4. The molecule has 1 aliphatic carbocycles. The van der Waals surface area contributed by atoms with Crippen LogP contribution in [-0.2, 0) is 40.0 Å². The molecule has 2 aliphatic heterocycles. The fourth-order valence-corrected chi connectivity index (χ4v) is 5.91. The predicted molar refractivity (Wildman–Crippen MR) is 156 cm³/mol. The lowest BCUT2D eigenvalue weighted by atomic mass is 9.84. The van der Waals surface area contributed by atoms with Crippen LogP contribution in [0.1, 0.15) is 51.9 Å². The van der Waals surface area contributed by atoms with Gasteiger partial charge in [-0.3, -0.25) is 14.6 Å². The molecule has 44 heavy (non-hydrogen) atoms. The Morgan fingerprint density at radius 3 is 2.18 bits per heavy atom. The van der Waals surface area contributed by atoms with Crippen molar-refractivity contribution in [2.75, 3.05) is 45.4 Å². The molecule has 4 heterocycles. The highest BCUT2D eigenvalue weighted by Crippen LogP contribution is 2.46. The van der Waals surface area contributed by atoms with Gasteiger partial charge in [-0.05, 0) is 51.3 Å². The van der Waals surface area contributed by atoms with Gasteiger partial charge in [0.1, 0.15) is 11.4 Å². The lowest BCUT2D eigenvalue weighted by Gasteiger charge is -2.26. The summed E-state index contributed by atoms with van der Waals surface area (Å²) >= 11 is 0. The second kappa shape index (κ2) is 12.4. The minimum absolute atomic E-state index is 0.194. The Bertz CT molecular complexity index is 1610. The lowest BCUT2D eigenvalue weighted by molar-refractivity contribution is -0.445. The van der Waals surface area contributed by atoms with Crippen molar-refractivity contribution in [1.29, 1.82) is 0 Å². The Morgan fingerprint density at radius 2 is 1.48 bits per heavy atom. The van der Waals surface area contributed by atoms with E-state index >= 15 is 0 Å². The van der Waals surface area contributed by atoms with Crippen molar-refractivity contribution >= 4 is 28.9 Å². The van der Waals surface area contributed by atoms with Crippen LogP contribution in [0.4, 0.5) is 11.6 Å². The maximum atomic E-state index is 13.9. The zero-order valence-electron chi connectivity index (χ0n) is 25.7. The largest absolute Gasteiger partial charge is 0.871 e. The Kier molecular flexibility index (Phi) is 8.84. The summed E-state index contributed by atoms with van der Waals surface area (Å²) in [4.78, 5) is 66.4. The van der Waals surface area contributed by atoms with Crippen molar-refractivity contribution in [2.24, 2.45) is 0 Å². The molecule has 0 amide bonds. The van der Waals surface area contributed by atoms with Crippen molar-refractivity contribution in [1.82, 2.24) is 19.9 Å². The van der Waals surface area contributed by atoms with E-state index < -0.39 is 28.2 Å². The van der Waals surface area contributed by atoms with Crippen LogP contribution >= 0.6 is 0 Å². The molecule has 2 aromatic rings. The monoisotopic (exact) mass is 604 g/mol. The number of hydrogen-bond donors (Lipinski definition) is 0. The summed E-state index contributed by atoms with van der Waals surface area (Å²) in [6, 6.07) is 0. The minimum Gasteiger partial charge on any atom is -0.871 e. The second-order valence-corrected chi connectivity index (χ2v) is 11.6. The van der Waals surface area contributed by atoms with Gasteiger partial charge in [0.2, 0.25) is 11.6 Å². The zero-order chi connectivity index (χ0) is 31.6. The average molecular weight is 605 g/mol. The van der Waals surface area contributed by atoms with Crippen LogP contribution in [0.25, 0.3) is 0 Å². The number of carbonyl (C=O) groups excluding carboxylic acids is 2. The number of anilines is 1. The molecule has 2 aromatic heterocycles. The van der Waals surface area contributed by atoms with Gasteiger partial charge in [0.15, 0.2) is 12.0 Å². The first kappa shape index (κ1) is 31.3. The van der Waals surface area contributed by atoms with Gasteiger partial charge in [0.05, 0.1) is 56.7 Å². The number of rotatable bonds is 12. The van der Waals surface area contributed by atoms with Gasteiger partial charge in [0, 0.05) is 42.2 Å². The Balaban J connectivity index is 1.58. The van der Waals surface area contributed by atoms with Gasteiger partial charge in [-0.1, -0.05) is 5.76 Å². The van der Waals surface area contributed by atoms with E-state index in [4.69, 9.17) is 19.6 Å². The van der Waals surface area contributed by atoms with Crippen LogP contribution in [-0.4, -0.2) is 82.3 Å². The summed E-state index contributed by atoms with van der Waals surface area (Å²) in [5.41, 5.74) is 0.893.